The van der Waals surface area contributed by atoms with Gasteiger partial charge in [0.05, 0.1) is 19.3 Å². The van der Waals surface area contributed by atoms with Crippen LogP contribution in [0.2, 0.25) is 0 Å². The van der Waals surface area contributed by atoms with Gasteiger partial charge in [-0.3, -0.25) is 14.2 Å². The van der Waals surface area contributed by atoms with E-state index in [2.05, 4.69) is 31.2 Å². The second-order valence-corrected chi connectivity index (χ2v) is 10.1. The molecule has 0 radical (unpaired) electrons. The summed E-state index contributed by atoms with van der Waals surface area (Å²) < 4.78 is 22.3. The third-order valence-corrected chi connectivity index (χ3v) is 6.99. The molecule has 39 heavy (non-hydrogen) atoms. The van der Waals surface area contributed by atoms with E-state index >= 15 is 0 Å². The molecule has 2 fully saturated rings. The summed E-state index contributed by atoms with van der Waals surface area (Å²) in [6.45, 7) is 5.78. The molecule has 0 bridgehead atoms. The molecule has 2 saturated carbocycles. The van der Waals surface area contributed by atoms with Crippen molar-refractivity contribution in [3.63, 3.8) is 0 Å². The molecule has 2 unspecified atom stereocenters. The van der Waals surface area contributed by atoms with Crippen LogP contribution >= 0.6 is 0 Å². The van der Waals surface area contributed by atoms with Gasteiger partial charge < -0.3 is 31.6 Å². The standard InChI is InChI=1S/C25H32FN8O3.K.H3N/c1-14(2)34-20(9-10-28-34)23(35)29-25(22(16-5-6-16)17-7-8-17)37-31-21-13-33(32-30-21)15(3)19-11-18(26)12-27-24(19)36-4;;/h9-17,22,25H,5-8H2,1-4H3,(H,29,35);;1H3/q-1;+1;. The van der Waals surface area contributed by atoms with E-state index in [9.17, 15) is 9.18 Å². The monoisotopic (exact) mass is 567 g/mol. The van der Waals surface area contributed by atoms with Crippen LogP contribution in [0.3, 0.4) is 0 Å². The molecule has 1 amide bonds. The molecule has 0 aliphatic heterocycles. The van der Waals surface area contributed by atoms with Crippen molar-refractivity contribution in [1.82, 2.24) is 41.2 Å². The normalized spacial score (nSPS) is 16.3. The van der Waals surface area contributed by atoms with Gasteiger partial charge in [-0.25, -0.2) is 9.37 Å². The molecule has 3 aromatic rings. The number of hydrogen-bond acceptors (Lipinski definition) is 8. The summed E-state index contributed by atoms with van der Waals surface area (Å²) in [6, 6.07) is 2.70. The molecule has 0 spiro atoms. The minimum Gasteiger partial charge on any atom is -0.481 e. The van der Waals surface area contributed by atoms with Gasteiger partial charge in [0.15, 0.2) is 0 Å². The van der Waals surface area contributed by atoms with Crippen molar-refractivity contribution in [2.75, 3.05) is 7.11 Å². The molecule has 2 aliphatic rings. The van der Waals surface area contributed by atoms with Crippen LogP contribution in [0.25, 0.3) is 5.48 Å². The van der Waals surface area contributed by atoms with Crippen LogP contribution in [0.4, 0.5) is 10.2 Å². The summed E-state index contributed by atoms with van der Waals surface area (Å²) in [4.78, 5) is 23.2. The first-order valence-corrected chi connectivity index (χ1v) is 12.7. The predicted molar refractivity (Wildman–Crippen MR) is 137 cm³/mol. The number of nitrogens with one attached hydrogen (secondary N) is 1. The molecule has 2 atom stereocenters. The maximum atomic E-state index is 13.8. The zero-order valence-corrected chi connectivity index (χ0v) is 26.2. The van der Waals surface area contributed by atoms with E-state index in [1.54, 1.807) is 23.1 Å². The Morgan fingerprint density at radius 3 is 2.51 bits per heavy atom. The minimum atomic E-state index is -0.599. The molecule has 3 aromatic heterocycles. The van der Waals surface area contributed by atoms with Crippen LogP contribution in [0.15, 0.2) is 30.7 Å². The molecule has 5 rings (SSSR count). The van der Waals surface area contributed by atoms with E-state index in [0.29, 0.717) is 29.0 Å². The van der Waals surface area contributed by atoms with Gasteiger partial charge in [-0.2, -0.15) is 10.3 Å². The summed E-state index contributed by atoms with van der Waals surface area (Å²) in [5, 5.41) is 15.6. The first-order valence-electron chi connectivity index (χ1n) is 12.7. The van der Waals surface area contributed by atoms with Gasteiger partial charge in [-0.15, -0.1) is 0 Å². The van der Waals surface area contributed by atoms with Gasteiger partial charge in [0.1, 0.15) is 17.7 Å². The zero-order valence-electron chi connectivity index (χ0n) is 23.1. The molecule has 206 valence electrons. The molecule has 2 aliphatic carbocycles. The van der Waals surface area contributed by atoms with Crippen molar-refractivity contribution in [3.8, 4) is 5.88 Å². The fourth-order valence-electron chi connectivity index (χ4n) is 4.81. The topological polar surface area (TPSA) is 158 Å². The SMILES string of the molecule is COc1ncc(F)cc1C(C)n1cc([N-]OC(NC(=O)c2ccnn2C(C)C)C(C2CC2)C2CC2)nn1.N.[K+]. The predicted octanol–water partition coefficient (Wildman–Crippen LogP) is 1.50. The van der Waals surface area contributed by atoms with Gasteiger partial charge in [-0.1, -0.05) is 0 Å². The van der Waals surface area contributed by atoms with Gasteiger partial charge in [-0.05, 0) is 76.2 Å². The summed E-state index contributed by atoms with van der Waals surface area (Å²) in [5.74, 6) is 1.02. The van der Waals surface area contributed by atoms with Crippen molar-refractivity contribution >= 4 is 11.7 Å². The molecule has 0 saturated heterocycles. The number of methoxy groups -OCH3 is 1. The number of aromatic nitrogens is 6. The van der Waals surface area contributed by atoms with E-state index in [0.717, 1.165) is 31.9 Å². The van der Waals surface area contributed by atoms with Gasteiger partial charge >= 0.3 is 51.4 Å². The second-order valence-electron chi connectivity index (χ2n) is 10.1. The molecule has 0 aromatic carbocycles. The number of rotatable bonds is 12. The van der Waals surface area contributed by atoms with Gasteiger partial charge in [0.2, 0.25) is 5.88 Å². The Kier molecular flexibility index (Phi) is 11.0. The van der Waals surface area contributed by atoms with E-state index < -0.39 is 18.1 Å². The van der Waals surface area contributed by atoms with Crippen LogP contribution in [-0.4, -0.2) is 49.0 Å². The number of amides is 1. The Morgan fingerprint density at radius 2 is 1.90 bits per heavy atom. The third-order valence-electron chi connectivity index (χ3n) is 6.99. The Bertz CT molecular complexity index is 1230. The zero-order chi connectivity index (χ0) is 26.1. The number of hydrogen-bond donors (Lipinski definition) is 2. The number of ether oxygens (including phenoxy) is 1. The summed E-state index contributed by atoms with van der Waals surface area (Å²) >= 11 is 0. The summed E-state index contributed by atoms with van der Waals surface area (Å²) in [6.07, 6.45) is 8.22. The van der Waals surface area contributed by atoms with E-state index in [-0.39, 0.29) is 81.2 Å². The van der Waals surface area contributed by atoms with Gasteiger partial charge in [0, 0.05) is 29.9 Å². The van der Waals surface area contributed by atoms with E-state index in [1.807, 2.05) is 20.8 Å². The van der Waals surface area contributed by atoms with Crippen molar-refractivity contribution in [2.45, 2.75) is 64.8 Å². The Balaban J connectivity index is 0.00000210. The van der Waals surface area contributed by atoms with Crippen molar-refractivity contribution in [1.29, 1.82) is 0 Å². The van der Waals surface area contributed by atoms with Crippen LogP contribution in [0, 0.1) is 23.6 Å². The number of nitrogens with zero attached hydrogens (tertiary/aromatic N) is 7. The number of halogens is 1. The van der Waals surface area contributed by atoms with Crippen LogP contribution in [0.1, 0.15) is 74.6 Å². The quantitative estimate of drug-likeness (QED) is 0.189. The average Bonchev–Trinajstić information content (AvgIpc) is 3.80. The Labute approximate surface area is 269 Å². The molecular weight excluding hydrogens is 532 g/mol. The fourth-order valence-corrected chi connectivity index (χ4v) is 4.81. The first kappa shape index (κ1) is 31.6. The summed E-state index contributed by atoms with van der Waals surface area (Å²) in [5.41, 5.74) is 5.24. The van der Waals surface area contributed by atoms with E-state index in [4.69, 9.17) is 9.57 Å². The maximum absolute atomic E-state index is 13.8. The molecule has 3 heterocycles. The molecule has 4 N–H and O–H groups in total. The van der Waals surface area contributed by atoms with Crippen LogP contribution in [0.5, 0.6) is 5.88 Å². The number of pyridine rings is 1. The second kappa shape index (κ2) is 13.6. The minimum absolute atomic E-state index is 0. The van der Waals surface area contributed by atoms with Crippen molar-refractivity contribution in [2.24, 2.45) is 17.8 Å². The molecule has 14 heteroatoms. The number of carbonyl (C=O) groups is 1. The molecular formula is C25H35FKN9O3. The average molecular weight is 568 g/mol. The third kappa shape index (κ3) is 7.42. The number of carbonyl (C=O) groups excluding carboxylic acids is 1. The van der Waals surface area contributed by atoms with Crippen LogP contribution < -0.4 is 67.6 Å². The van der Waals surface area contributed by atoms with Crippen molar-refractivity contribution in [3.05, 3.63) is 53.3 Å². The fraction of sp³-hybridized carbons (Fsp3) is 0.560. The molecule has 12 nitrogen and oxygen atoms in total. The van der Waals surface area contributed by atoms with E-state index in [1.165, 1.54) is 17.9 Å². The first-order chi connectivity index (χ1) is 17.9. The Morgan fingerprint density at radius 1 is 1.21 bits per heavy atom. The van der Waals surface area contributed by atoms with Gasteiger partial charge in [0.25, 0.3) is 5.91 Å². The Hall–Kier alpha value is -1.94. The maximum Gasteiger partial charge on any atom is 1.00 e. The largest absolute Gasteiger partial charge is 1.00 e. The van der Waals surface area contributed by atoms with Crippen LogP contribution in [-0.2, 0) is 4.84 Å². The smallest absolute Gasteiger partial charge is 0.481 e. The summed E-state index contributed by atoms with van der Waals surface area (Å²) in [7, 11) is 1.48. The van der Waals surface area contributed by atoms with Crippen molar-refractivity contribution < 1.29 is 70.1 Å².